The summed E-state index contributed by atoms with van der Waals surface area (Å²) in [6.45, 7) is 2.84. The smallest absolute Gasteiger partial charge is 0.269 e. The summed E-state index contributed by atoms with van der Waals surface area (Å²) < 4.78 is 5.35. The quantitative estimate of drug-likeness (QED) is 0.670. The standard InChI is InChI=1S/C22H23N5O4/c1-26-8-7-22(30,21(26)29)6-5-15-3-2-4-16(13-15)20-24-14-17(18(25-20)19(23)28)27-9-11-31-12-10-27/h2-4,13-14,30H,7-12H2,1H3,(H2,23,28)/t22-/m0/s1. The highest BCUT2D eigenvalue weighted by molar-refractivity contribution is 5.97. The van der Waals surface area contributed by atoms with E-state index < -0.39 is 17.4 Å². The molecule has 2 amide bonds. The van der Waals surface area contributed by atoms with E-state index >= 15 is 0 Å². The lowest BCUT2D eigenvalue weighted by Crippen LogP contribution is -2.38. The van der Waals surface area contributed by atoms with Crippen molar-refractivity contribution in [2.75, 3.05) is 44.8 Å². The van der Waals surface area contributed by atoms with Crippen LogP contribution in [0.3, 0.4) is 0 Å². The Labute approximate surface area is 179 Å². The highest BCUT2D eigenvalue weighted by Crippen LogP contribution is 2.24. The number of likely N-dealkylation sites (N-methyl/N-ethyl adjacent to an activating group) is 1. The van der Waals surface area contributed by atoms with Gasteiger partial charge >= 0.3 is 0 Å². The fourth-order valence-corrected chi connectivity index (χ4v) is 3.61. The molecule has 160 valence electrons. The number of hydrogen-bond acceptors (Lipinski definition) is 7. The SMILES string of the molecule is CN1CC[C@@](O)(C#Cc2cccc(-c3ncc(N4CCOCC4)c(C(N)=O)n3)c2)C1=O. The Bertz CT molecular complexity index is 1090. The van der Waals surface area contributed by atoms with Crippen LogP contribution in [0.25, 0.3) is 11.4 Å². The van der Waals surface area contributed by atoms with E-state index in [0.29, 0.717) is 55.5 Å². The summed E-state index contributed by atoms with van der Waals surface area (Å²) in [6.07, 6.45) is 1.87. The van der Waals surface area contributed by atoms with E-state index in [-0.39, 0.29) is 12.1 Å². The van der Waals surface area contributed by atoms with Crippen molar-refractivity contribution in [1.29, 1.82) is 0 Å². The zero-order valence-electron chi connectivity index (χ0n) is 17.2. The Hall–Kier alpha value is -3.48. The Morgan fingerprint density at radius 1 is 1.29 bits per heavy atom. The summed E-state index contributed by atoms with van der Waals surface area (Å²) in [4.78, 5) is 36.4. The molecular formula is C22H23N5O4. The van der Waals surface area contributed by atoms with E-state index in [9.17, 15) is 14.7 Å². The van der Waals surface area contributed by atoms with Gasteiger partial charge in [0.05, 0.1) is 25.1 Å². The first kappa shape index (κ1) is 20.8. The lowest BCUT2D eigenvalue weighted by molar-refractivity contribution is -0.137. The second-order valence-electron chi connectivity index (χ2n) is 7.56. The maximum Gasteiger partial charge on any atom is 0.269 e. The van der Waals surface area contributed by atoms with Crippen molar-refractivity contribution in [2.45, 2.75) is 12.0 Å². The zero-order chi connectivity index (χ0) is 22.0. The molecule has 31 heavy (non-hydrogen) atoms. The van der Waals surface area contributed by atoms with Crippen molar-refractivity contribution in [3.8, 4) is 23.2 Å². The molecule has 9 nitrogen and oxygen atoms in total. The number of benzene rings is 1. The van der Waals surface area contributed by atoms with Crippen LogP contribution >= 0.6 is 0 Å². The molecule has 1 atom stereocenters. The summed E-state index contributed by atoms with van der Waals surface area (Å²) >= 11 is 0. The maximum atomic E-state index is 12.1. The third-order valence-corrected chi connectivity index (χ3v) is 5.40. The van der Waals surface area contributed by atoms with Crippen molar-refractivity contribution in [3.63, 3.8) is 0 Å². The van der Waals surface area contributed by atoms with E-state index in [1.807, 2.05) is 4.90 Å². The molecule has 0 bridgehead atoms. The number of morpholine rings is 1. The van der Waals surface area contributed by atoms with Crippen LogP contribution in [0.15, 0.2) is 30.5 Å². The number of hydrogen-bond donors (Lipinski definition) is 2. The monoisotopic (exact) mass is 421 g/mol. The Morgan fingerprint density at radius 3 is 2.74 bits per heavy atom. The van der Waals surface area contributed by atoms with E-state index in [1.165, 1.54) is 4.90 Å². The molecule has 3 N–H and O–H groups in total. The summed E-state index contributed by atoms with van der Waals surface area (Å²) in [6, 6.07) is 7.08. The van der Waals surface area contributed by atoms with Gasteiger partial charge in [-0.05, 0) is 12.1 Å². The fraction of sp³-hybridized carbons (Fsp3) is 0.364. The predicted octanol–water partition coefficient (Wildman–Crippen LogP) is 0.0238. The molecular weight excluding hydrogens is 398 g/mol. The minimum Gasteiger partial charge on any atom is -0.378 e. The maximum absolute atomic E-state index is 12.1. The Balaban J connectivity index is 1.64. The number of aromatic nitrogens is 2. The highest BCUT2D eigenvalue weighted by atomic mass is 16.5. The van der Waals surface area contributed by atoms with Crippen LogP contribution in [-0.2, 0) is 9.53 Å². The van der Waals surface area contributed by atoms with Crippen LogP contribution in [0.1, 0.15) is 22.5 Å². The first-order valence-corrected chi connectivity index (χ1v) is 9.98. The zero-order valence-corrected chi connectivity index (χ0v) is 17.2. The molecule has 0 unspecified atom stereocenters. The Morgan fingerprint density at radius 2 is 2.06 bits per heavy atom. The molecule has 0 radical (unpaired) electrons. The number of primary amides is 1. The molecule has 2 aromatic rings. The van der Waals surface area contributed by atoms with Gasteiger partial charge in [-0.25, -0.2) is 9.97 Å². The third kappa shape index (κ3) is 4.21. The van der Waals surface area contributed by atoms with Crippen LogP contribution < -0.4 is 10.6 Å². The largest absolute Gasteiger partial charge is 0.378 e. The molecule has 1 aromatic carbocycles. The number of aliphatic hydroxyl groups is 1. The van der Waals surface area contributed by atoms with E-state index in [4.69, 9.17) is 10.5 Å². The number of carbonyl (C=O) groups excluding carboxylic acids is 2. The second kappa shape index (κ2) is 8.34. The Kier molecular flexibility index (Phi) is 5.59. The molecule has 4 rings (SSSR count). The van der Waals surface area contributed by atoms with Crippen LogP contribution in [0.4, 0.5) is 5.69 Å². The van der Waals surface area contributed by atoms with Crippen LogP contribution in [0.2, 0.25) is 0 Å². The van der Waals surface area contributed by atoms with Gasteiger partial charge in [0, 0.05) is 44.2 Å². The number of carbonyl (C=O) groups is 2. The minimum absolute atomic E-state index is 0.150. The molecule has 3 heterocycles. The van der Waals surface area contributed by atoms with E-state index in [0.717, 1.165) is 0 Å². The topological polar surface area (TPSA) is 122 Å². The third-order valence-electron chi connectivity index (χ3n) is 5.40. The van der Waals surface area contributed by atoms with Crippen molar-refractivity contribution < 1.29 is 19.4 Å². The average Bonchev–Trinajstić information content (AvgIpc) is 3.06. The van der Waals surface area contributed by atoms with Gasteiger partial charge in [-0.2, -0.15) is 0 Å². The number of rotatable bonds is 3. The molecule has 2 fully saturated rings. The van der Waals surface area contributed by atoms with Gasteiger partial charge in [0.15, 0.2) is 11.5 Å². The van der Waals surface area contributed by atoms with E-state index in [1.54, 1.807) is 37.5 Å². The summed E-state index contributed by atoms with van der Waals surface area (Å²) in [5.74, 6) is 4.87. The van der Waals surface area contributed by atoms with Gasteiger partial charge < -0.3 is 25.4 Å². The lowest BCUT2D eigenvalue weighted by atomic mass is 10.0. The normalized spacial score (nSPS) is 21.0. The summed E-state index contributed by atoms with van der Waals surface area (Å²) in [5.41, 5.74) is 5.89. The van der Waals surface area contributed by atoms with Gasteiger partial charge in [0.1, 0.15) is 0 Å². The molecule has 9 heteroatoms. The highest BCUT2D eigenvalue weighted by Gasteiger charge is 2.42. The number of ether oxygens (including phenoxy) is 1. The van der Waals surface area contributed by atoms with Crippen molar-refractivity contribution >= 4 is 17.5 Å². The summed E-state index contributed by atoms with van der Waals surface area (Å²) in [7, 11) is 1.64. The van der Waals surface area contributed by atoms with Crippen molar-refractivity contribution in [2.24, 2.45) is 5.73 Å². The van der Waals surface area contributed by atoms with Crippen LogP contribution in [-0.4, -0.2) is 77.3 Å². The molecule has 1 aromatic heterocycles. The van der Waals surface area contributed by atoms with Gasteiger partial charge in [-0.1, -0.05) is 24.0 Å². The molecule has 0 spiro atoms. The second-order valence-corrected chi connectivity index (χ2v) is 7.56. The minimum atomic E-state index is -1.67. The molecule has 2 saturated heterocycles. The van der Waals surface area contributed by atoms with E-state index in [2.05, 4.69) is 21.8 Å². The number of nitrogens with two attached hydrogens (primary N) is 1. The van der Waals surface area contributed by atoms with Gasteiger partial charge in [0.25, 0.3) is 11.8 Å². The van der Waals surface area contributed by atoms with Crippen molar-refractivity contribution in [3.05, 3.63) is 41.7 Å². The number of amides is 2. The van der Waals surface area contributed by atoms with Gasteiger partial charge in [-0.15, -0.1) is 0 Å². The number of likely N-dealkylation sites (tertiary alicyclic amines) is 1. The molecule has 0 saturated carbocycles. The lowest BCUT2D eigenvalue weighted by Gasteiger charge is -2.29. The van der Waals surface area contributed by atoms with Gasteiger partial charge in [0.2, 0.25) is 5.60 Å². The predicted molar refractivity (Wildman–Crippen MR) is 113 cm³/mol. The molecule has 0 aliphatic carbocycles. The molecule has 2 aliphatic rings. The number of anilines is 1. The first-order chi connectivity index (χ1) is 14.9. The number of nitrogens with zero attached hydrogens (tertiary/aromatic N) is 4. The summed E-state index contributed by atoms with van der Waals surface area (Å²) in [5, 5.41) is 10.5. The fourth-order valence-electron chi connectivity index (χ4n) is 3.61. The first-order valence-electron chi connectivity index (χ1n) is 9.98. The van der Waals surface area contributed by atoms with Crippen LogP contribution in [0, 0.1) is 11.8 Å². The van der Waals surface area contributed by atoms with Gasteiger partial charge in [-0.3, -0.25) is 9.59 Å². The molecule has 2 aliphatic heterocycles. The van der Waals surface area contributed by atoms with Crippen molar-refractivity contribution in [1.82, 2.24) is 14.9 Å². The van der Waals surface area contributed by atoms with Crippen LogP contribution in [0.5, 0.6) is 0 Å². The average molecular weight is 421 g/mol.